The van der Waals surface area contributed by atoms with Gasteiger partial charge in [-0.15, -0.1) is 0 Å². The van der Waals surface area contributed by atoms with Crippen LogP contribution in [0.5, 0.6) is 0 Å². The molecule has 6 nitrogen and oxygen atoms in total. The van der Waals surface area contributed by atoms with E-state index in [1.807, 2.05) is 17.8 Å². The molecule has 34 heavy (non-hydrogen) atoms. The third-order valence-corrected chi connectivity index (χ3v) is 7.38. The summed E-state index contributed by atoms with van der Waals surface area (Å²) >= 11 is 0. The lowest BCUT2D eigenvalue weighted by Crippen LogP contribution is -2.38. The van der Waals surface area contributed by atoms with Crippen molar-refractivity contribution in [2.24, 2.45) is 36.6 Å². The van der Waals surface area contributed by atoms with Gasteiger partial charge in [0.25, 0.3) is 0 Å². The quantitative estimate of drug-likeness (QED) is 0.324. The largest absolute Gasteiger partial charge is 0.462 e. The topological polar surface area (TPSA) is 70.4 Å². The van der Waals surface area contributed by atoms with Gasteiger partial charge in [-0.2, -0.15) is 0 Å². The Kier molecular flexibility index (Phi) is 8.92. The summed E-state index contributed by atoms with van der Waals surface area (Å²) in [7, 11) is 1.89. The first-order chi connectivity index (χ1) is 16.1. The number of allylic oxidation sites excluding steroid dienone is 2. The fraction of sp³-hybridized carbons (Fsp3) is 0.607. The van der Waals surface area contributed by atoms with Crippen LogP contribution in [0.2, 0.25) is 0 Å². The molecule has 0 aliphatic heterocycles. The van der Waals surface area contributed by atoms with Crippen molar-refractivity contribution in [3.05, 3.63) is 48.1 Å². The fourth-order valence-electron chi connectivity index (χ4n) is 5.53. The lowest BCUT2D eigenvalue weighted by atomic mass is 9.64. The minimum absolute atomic E-state index is 0.0520. The molecule has 0 spiro atoms. The number of hydrogen-bond donors (Lipinski definition) is 0. The Morgan fingerprint density at radius 1 is 1.21 bits per heavy atom. The van der Waals surface area contributed by atoms with Crippen molar-refractivity contribution in [2.45, 2.75) is 72.5 Å². The lowest BCUT2D eigenvalue weighted by molar-refractivity contribution is -0.149. The average molecular weight is 469 g/mol. The van der Waals surface area contributed by atoms with Crippen molar-refractivity contribution >= 4 is 18.0 Å². The van der Waals surface area contributed by atoms with Crippen LogP contribution >= 0.6 is 0 Å². The smallest absolute Gasteiger partial charge is 0.331 e. The normalized spacial score (nSPS) is 31.0. The molecule has 6 heteroatoms. The van der Waals surface area contributed by atoms with Crippen molar-refractivity contribution in [3.63, 3.8) is 0 Å². The van der Waals surface area contributed by atoms with E-state index in [0.717, 1.165) is 25.0 Å². The molecule has 3 rings (SSSR count). The Labute approximate surface area is 204 Å². The lowest BCUT2D eigenvalue weighted by Gasteiger charge is -2.43. The van der Waals surface area contributed by atoms with Gasteiger partial charge in [-0.25, -0.2) is 9.78 Å². The maximum absolute atomic E-state index is 12.7. The molecular formula is C28H40N2O4. The number of carbonyl (C=O) groups excluding carboxylic acids is 2. The molecule has 1 heterocycles. The van der Waals surface area contributed by atoms with Gasteiger partial charge in [0.15, 0.2) is 0 Å². The fourth-order valence-corrected chi connectivity index (χ4v) is 5.53. The van der Waals surface area contributed by atoms with Gasteiger partial charge >= 0.3 is 11.9 Å². The Morgan fingerprint density at radius 2 is 1.97 bits per heavy atom. The van der Waals surface area contributed by atoms with Crippen molar-refractivity contribution in [2.75, 3.05) is 0 Å². The third kappa shape index (κ3) is 6.94. The van der Waals surface area contributed by atoms with Gasteiger partial charge < -0.3 is 14.0 Å². The van der Waals surface area contributed by atoms with Gasteiger partial charge in [0.05, 0.1) is 12.0 Å². The van der Waals surface area contributed by atoms with Crippen LogP contribution in [0.1, 0.15) is 66.0 Å². The van der Waals surface area contributed by atoms with Crippen LogP contribution in [0.15, 0.2) is 42.4 Å². The van der Waals surface area contributed by atoms with Crippen molar-refractivity contribution in [1.29, 1.82) is 0 Å². The average Bonchev–Trinajstić information content (AvgIpc) is 3.18. The molecule has 0 radical (unpaired) electrons. The third-order valence-electron chi connectivity index (χ3n) is 7.38. The summed E-state index contributed by atoms with van der Waals surface area (Å²) in [6.45, 7) is 10.3. The van der Waals surface area contributed by atoms with Crippen molar-refractivity contribution in [3.8, 4) is 0 Å². The highest BCUT2D eigenvalue weighted by molar-refractivity contribution is 5.86. The van der Waals surface area contributed by atoms with Crippen LogP contribution in [-0.2, 0) is 26.1 Å². The number of imidazole rings is 1. The molecule has 6 atom stereocenters. The molecule has 0 fully saturated rings. The summed E-state index contributed by atoms with van der Waals surface area (Å²) in [5, 5.41) is 0. The molecule has 0 N–H and O–H groups in total. The number of rotatable bonds is 5. The highest BCUT2D eigenvalue weighted by Gasteiger charge is 2.39. The number of esters is 2. The van der Waals surface area contributed by atoms with Crippen LogP contribution in [0.3, 0.4) is 0 Å². The number of nitrogens with zero attached hydrogens (tertiary/aromatic N) is 2. The van der Waals surface area contributed by atoms with Crippen LogP contribution < -0.4 is 0 Å². The standard InChI is InChI=1S/C28H40N2O4/c1-18(2)24-12-10-19(3)25-15-27(34-28(32)13-11-22-16-30(6)17-29-22)20(4)8-7-9-23(14-26(24)25)33-21(5)31/h7-8,10-11,13,16-18,20,23-27H,9,12,14-15H2,1-6H3/b8-7-,13-11+/t20-,23+,24-,25+,26-,27+/m1/s1. The molecule has 0 bridgehead atoms. The zero-order valence-electron chi connectivity index (χ0n) is 21.4. The Bertz CT molecular complexity index is 942. The summed E-state index contributed by atoms with van der Waals surface area (Å²) in [6.07, 6.45) is 16.2. The molecule has 0 saturated carbocycles. The minimum Gasteiger partial charge on any atom is -0.462 e. The van der Waals surface area contributed by atoms with Crippen LogP contribution in [0, 0.1) is 29.6 Å². The van der Waals surface area contributed by atoms with E-state index in [1.54, 1.807) is 12.4 Å². The van der Waals surface area contributed by atoms with E-state index < -0.39 is 0 Å². The van der Waals surface area contributed by atoms with Gasteiger partial charge in [0.1, 0.15) is 12.2 Å². The number of aryl methyl sites for hydroxylation is 1. The molecule has 186 valence electrons. The van der Waals surface area contributed by atoms with E-state index in [9.17, 15) is 9.59 Å². The first-order valence-electron chi connectivity index (χ1n) is 12.5. The zero-order chi connectivity index (χ0) is 24.8. The van der Waals surface area contributed by atoms with E-state index in [2.05, 4.69) is 50.9 Å². The Balaban J connectivity index is 1.85. The first-order valence-corrected chi connectivity index (χ1v) is 12.5. The predicted molar refractivity (Wildman–Crippen MR) is 134 cm³/mol. The monoisotopic (exact) mass is 468 g/mol. The number of carbonyl (C=O) groups is 2. The van der Waals surface area contributed by atoms with Gasteiger partial charge in [-0.3, -0.25) is 4.79 Å². The molecular weight excluding hydrogens is 428 g/mol. The van der Waals surface area contributed by atoms with E-state index >= 15 is 0 Å². The molecule has 0 saturated heterocycles. The van der Waals surface area contributed by atoms with Crippen LogP contribution in [-0.4, -0.2) is 33.7 Å². The number of hydrogen-bond acceptors (Lipinski definition) is 5. The van der Waals surface area contributed by atoms with E-state index in [-0.39, 0.29) is 36.0 Å². The summed E-state index contributed by atoms with van der Waals surface area (Å²) in [6, 6.07) is 0. The van der Waals surface area contributed by atoms with Gasteiger partial charge in [-0.1, -0.05) is 44.6 Å². The van der Waals surface area contributed by atoms with E-state index in [1.165, 1.54) is 18.6 Å². The molecule has 2 aliphatic rings. The molecule has 0 unspecified atom stereocenters. The molecule has 1 aromatic heterocycles. The predicted octanol–water partition coefficient (Wildman–Crippen LogP) is 5.51. The maximum atomic E-state index is 12.7. The molecule has 0 amide bonds. The second-order valence-corrected chi connectivity index (χ2v) is 10.4. The van der Waals surface area contributed by atoms with Crippen LogP contribution in [0.4, 0.5) is 0 Å². The SMILES string of the molecule is CC(=O)O[C@H]1C/C=C\[C@@H](C)[C@@H](OC(=O)/C=C/c2cn(C)cn2)C[C@H]2C(C)=CC[C@H](C(C)C)[C@H]2C1. The van der Waals surface area contributed by atoms with Gasteiger partial charge in [0.2, 0.25) is 0 Å². The first kappa shape index (κ1) is 26.0. The second-order valence-electron chi connectivity index (χ2n) is 10.4. The number of fused-ring (bicyclic) bond motifs is 1. The van der Waals surface area contributed by atoms with Crippen molar-refractivity contribution < 1.29 is 19.1 Å². The van der Waals surface area contributed by atoms with Gasteiger partial charge in [0, 0.05) is 38.6 Å². The molecule has 0 aromatic carbocycles. The summed E-state index contributed by atoms with van der Waals surface area (Å²) in [5.41, 5.74) is 2.08. The second kappa shape index (κ2) is 11.7. The maximum Gasteiger partial charge on any atom is 0.331 e. The van der Waals surface area contributed by atoms with E-state index in [0.29, 0.717) is 24.2 Å². The highest BCUT2D eigenvalue weighted by Crippen LogP contribution is 2.45. The number of ether oxygens (including phenoxy) is 2. The van der Waals surface area contributed by atoms with Crippen molar-refractivity contribution in [1.82, 2.24) is 9.55 Å². The Hall–Kier alpha value is -2.63. The summed E-state index contributed by atoms with van der Waals surface area (Å²) in [5.74, 6) is 1.16. The number of aromatic nitrogens is 2. The van der Waals surface area contributed by atoms with Gasteiger partial charge in [-0.05, 0) is 55.9 Å². The molecule has 2 aliphatic carbocycles. The van der Waals surface area contributed by atoms with Crippen LogP contribution in [0.25, 0.3) is 6.08 Å². The zero-order valence-corrected chi connectivity index (χ0v) is 21.4. The minimum atomic E-state index is -0.347. The van der Waals surface area contributed by atoms with E-state index in [4.69, 9.17) is 9.47 Å². The summed E-state index contributed by atoms with van der Waals surface area (Å²) in [4.78, 5) is 28.7. The Morgan fingerprint density at radius 3 is 2.62 bits per heavy atom. The molecule has 1 aromatic rings. The summed E-state index contributed by atoms with van der Waals surface area (Å²) < 4.78 is 13.6. The highest BCUT2D eigenvalue weighted by atomic mass is 16.5.